The van der Waals surface area contributed by atoms with Crippen molar-refractivity contribution in [3.8, 4) is 0 Å². The number of anilines is 1. The number of rotatable bonds is 4. The molecule has 1 N–H and O–H groups in total. The number of aliphatic carboxylic acids is 1. The maximum absolute atomic E-state index is 10.5. The molecule has 6 heteroatoms. The molecule has 1 aliphatic heterocycles. The van der Waals surface area contributed by atoms with E-state index in [4.69, 9.17) is 5.11 Å². The molecule has 104 valence electrons. The third-order valence-electron chi connectivity index (χ3n) is 3.29. The monoisotopic (exact) mass is 281 g/mol. The Morgan fingerprint density at radius 2 is 2.11 bits per heavy atom. The summed E-state index contributed by atoms with van der Waals surface area (Å²) in [5.74, 6) is -0.925. The average molecular weight is 281 g/mol. The molecule has 0 amide bonds. The highest BCUT2D eigenvalue weighted by Gasteiger charge is 2.19. The summed E-state index contributed by atoms with van der Waals surface area (Å²) >= 11 is 1.56. The molecule has 1 aromatic heterocycles. The van der Waals surface area contributed by atoms with Gasteiger partial charge in [0, 0.05) is 32.3 Å². The third kappa shape index (κ3) is 3.54. The van der Waals surface area contributed by atoms with Gasteiger partial charge in [0.1, 0.15) is 0 Å². The first-order valence-electron chi connectivity index (χ1n) is 6.46. The highest BCUT2D eigenvalue weighted by molar-refractivity contribution is 7.16. The smallest absolute Gasteiger partial charge is 0.328 e. The van der Waals surface area contributed by atoms with Crippen molar-refractivity contribution >= 4 is 28.5 Å². The van der Waals surface area contributed by atoms with Gasteiger partial charge in [-0.25, -0.2) is 9.78 Å². The SMILES string of the molecule is CCN1CCN(c2nc(C)c(/C=C/C(=O)O)s2)CC1. The first kappa shape index (κ1) is 14.0. The van der Waals surface area contributed by atoms with Gasteiger partial charge in [-0.15, -0.1) is 0 Å². The van der Waals surface area contributed by atoms with E-state index in [1.807, 2.05) is 6.92 Å². The molecular formula is C13H19N3O2S. The minimum atomic E-state index is -0.925. The summed E-state index contributed by atoms with van der Waals surface area (Å²) in [6.07, 6.45) is 2.79. The lowest BCUT2D eigenvalue weighted by Gasteiger charge is -2.33. The zero-order valence-corrected chi connectivity index (χ0v) is 12.1. The lowest BCUT2D eigenvalue weighted by molar-refractivity contribution is -0.131. The highest BCUT2D eigenvalue weighted by Crippen LogP contribution is 2.27. The Bertz CT molecular complexity index is 476. The Kier molecular flexibility index (Phi) is 4.55. The highest BCUT2D eigenvalue weighted by atomic mass is 32.1. The Morgan fingerprint density at radius 1 is 1.42 bits per heavy atom. The number of carbonyl (C=O) groups is 1. The van der Waals surface area contributed by atoms with Crippen LogP contribution in [0.25, 0.3) is 6.08 Å². The quantitative estimate of drug-likeness (QED) is 0.851. The number of nitrogens with zero attached hydrogens (tertiary/aromatic N) is 3. The lowest BCUT2D eigenvalue weighted by atomic mass is 10.3. The van der Waals surface area contributed by atoms with Crippen molar-refractivity contribution in [1.82, 2.24) is 9.88 Å². The van der Waals surface area contributed by atoms with E-state index in [2.05, 4.69) is 21.7 Å². The number of aryl methyl sites for hydroxylation is 1. The van der Waals surface area contributed by atoms with Crippen LogP contribution in [0, 0.1) is 6.92 Å². The zero-order valence-electron chi connectivity index (χ0n) is 11.3. The van der Waals surface area contributed by atoms with E-state index in [0.29, 0.717) is 0 Å². The van der Waals surface area contributed by atoms with Crippen molar-refractivity contribution in [2.24, 2.45) is 0 Å². The first-order chi connectivity index (χ1) is 9.10. The van der Waals surface area contributed by atoms with Crippen molar-refractivity contribution in [1.29, 1.82) is 0 Å². The number of likely N-dealkylation sites (N-methyl/N-ethyl adjacent to an activating group) is 1. The number of piperazine rings is 1. The van der Waals surface area contributed by atoms with E-state index in [-0.39, 0.29) is 0 Å². The molecule has 0 atom stereocenters. The molecule has 0 saturated carbocycles. The van der Waals surface area contributed by atoms with E-state index in [1.54, 1.807) is 17.4 Å². The number of thiazole rings is 1. The van der Waals surface area contributed by atoms with Gasteiger partial charge in [-0.1, -0.05) is 18.3 Å². The summed E-state index contributed by atoms with van der Waals surface area (Å²) in [5.41, 5.74) is 0.899. The molecule has 2 rings (SSSR count). The maximum Gasteiger partial charge on any atom is 0.328 e. The molecule has 19 heavy (non-hydrogen) atoms. The van der Waals surface area contributed by atoms with Crippen LogP contribution in [-0.2, 0) is 4.79 Å². The minimum Gasteiger partial charge on any atom is -0.478 e. The van der Waals surface area contributed by atoms with Gasteiger partial charge in [0.15, 0.2) is 5.13 Å². The third-order valence-corrected chi connectivity index (χ3v) is 4.47. The molecule has 1 fully saturated rings. The Hall–Kier alpha value is -1.40. The Morgan fingerprint density at radius 3 is 2.68 bits per heavy atom. The van der Waals surface area contributed by atoms with Crippen LogP contribution >= 0.6 is 11.3 Å². The van der Waals surface area contributed by atoms with Gasteiger partial charge in [-0.2, -0.15) is 0 Å². The first-order valence-corrected chi connectivity index (χ1v) is 7.27. The van der Waals surface area contributed by atoms with Gasteiger partial charge in [-0.05, 0) is 19.5 Å². The summed E-state index contributed by atoms with van der Waals surface area (Å²) in [5, 5.41) is 9.66. The summed E-state index contributed by atoms with van der Waals surface area (Å²) in [6.45, 7) is 9.30. The van der Waals surface area contributed by atoms with Crippen molar-refractivity contribution < 1.29 is 9.90 Å². The number of hydrogen-bond donors (Lipinski definition) is 1. The fourth-order valence-corrected chi connectivity index (χ4v) is 3.11. The number of carboxylic acids is 1. The number of aromatic nitrogens is 1. The second-order valence-electron chi connectivity index (χ2n) is 4.54. The van der Waals surface area contributed by atoms with Crippen LogP contribution in [0.5, 0.6) is 0 Å². The molecule has 1 aliphatic rings. The fraction of sp³-hybridized carbons (Fsp3) is 0.538. The van der Waals surface area contributed by atoms with Crippen LogP contribution in [0.4, 0.5) is 5.13 Å². The summed E-state index contributed by atoms with van der Waals surface area (Å²) in [4.78, 5) is 20.7. The van der Waals surface area contributed by atoms with E-state index in [9.17, 15) is 4.79 Å². The molecule has 0 aromatic carbocycles. The normalized spacial score (nSPS) is 17.3. The van der Waals surface area contributed by atoms with Gasteiger partial charge < -0.3 is 14.9 Å². The molecule has 0 aliphatic carbocycles. The van der Waals surface area contributed by atoms with E-state index < -0.39 is 5.97 Å². The second kappa shape index (κ2) is 6.16. The van der Waals surface area contributed by atoms with Gasteiger partial charge in [0.05, 0.1) is 10.6 Å². The van der Waals surface area contributed by atoms with Crippen molar-refractivity contribution in [2.45, 2.75) is 13.8 Å². The van der Waals surface area contributed by atoms with Gasteiger partial charge in [0.2, 0.25) is 0 Å². The van der Waals surface area contributed by atoms with Crippen molar-refractivity contribution in [3.05, 3.63) is 16.6 Å². The summed E-state index contributed by atoms with van der Waals surface area (Å²) in [7, 11) is 0. The molecule has 0 bridgehead atoms. The van der Waals surface area contributed by atoms with Crippen LogP contribution in [0.2, 0.25) is 0 Å². The van der Waals surface area contributed by atoms with Crippen molar-refractivity contribution in [2.75, 3.05) is 37.6 Å². The fourth-order valence-electron chi connectivity index (χ4n) is 2.09. The lowest BCUT2D eigenvalue weighted by Crippen LogP contribution is -2.46. The van der Waals surface area contributed by atoms with E-state index in [0.717, 1.165) is 48.4 Å². The van der Waals surface area contributed by atoms with E-state index >= 15 is 0 Å². The zero-order chi connectivity index (χ0) is 13.8. The number of hydrogen-bond acceptors (Lipinski definition) is 5. The van der Waals surface area contributed by atoms with Crippen LogP contribution in [0.15, 0.2) is 6.08 Å². The maximum atomic E-state index is 10.5. The molecule has 0 spiro atoms. The van der Waals surface area contributed by atoms with Crippen LogP contribution in [-0.4, -0.2) is 53.7 Å². The predicted octanol–water partition coefficient (Wildman–Crippen LogP) is 1.69. The van der Waals surface area contributed by atoms with Gasteiger partial charge >= 0.3 is 5.97 Å². The predicted molar refractivity (Wildman–Crippen MR) is 77.8 cm³/mol. The van der Waals surface area contributed by atoms with Crippen LogP contribution < -0.4 is 4.90 Å². The largest absolute Gasteiger partial charge is 0.478 e. The molecular weight excluding hydrogens is 262 g/mol. The molecule has 2 heterocycles. The molecule has 1 aromatic rings. The van der Waals surface area contributed by atoms with Crippen LogP contribution in [0.1, 0.15) is 17.5 Å². The van der Waals surface area contributed by atoms with Crippen LogP contribution in [0.3, 0.4) is 0 Å². The summed E-state index contributed by atoms with van der Waals surface area (Å²) < 4.78 is 0. The molecule has 0 radical (unpaired) electrons. The molecule has 5 nitrogen and oxygen atoms in total. The average Bonchev–Trinajstić information content (AvgIpc) is 2.78. The Labute approximate surface area is 117 Å². The van der Waals surface area contributed by atoms with E-state index in [1.165, 1.54) is 6.08 Å². The number of carboxylic acid groups (broad SMARTS) is 1. The second-order valence-corrected chi connectivity index (χ2v) is 5.55. The summed E-state index contributed by atoms with van der Waals surface area (Å²) in [6, 6.07) is 0. The topological polar surface area (TPSA) is 56.7 Å². The standard InChI is InChI=1S/C13H19N3O2S/c1-3-15-6-8-16(9-7-15)13-14-10(2)11(19-13)4-5-12(17)18/h4-5H,3,6-9H2,1-2H3,(H,17,18)/b5-4+. The van der Waals surface area contributed by atoms with Gasteiger partial charge in [-0.3, -0.25) is 0 Å². The molecule has 0 unspecified atom stereocenters. The van der Waals surface area contributed by atoms with Gasteiger partial charge in [0.25, 0.3) is 0 Å². The molecule has 1 saturated heterocycles. The minimum absolute atomic E-state index is 0.899. The van der Waals surface area contributed by atoms with Crippen molar-refractivity contribution in [3.63, 3.8) is 0 Å². The Balaban J connectivity index is 2.06.